The third kappa shape index (κ3) is 3.67. The lowest BCUT2D eigenvalue weighted by Gasteiger charge is -2.35. The number of piperazine rings is 1. The monoisotopic (exact) mass is 339 g/mol. The lowest BCUT2D eigenvalue weighted by molar-refractivity contribution is -0.132. The van der Waals surface area contributed by atoms with Gasteiger partial charge in [-0.15, -0.1) is 10.2 Å². The van der Waals surface area contributed by atoms with E-state index in [0.717, 1.165) is 44.2 Å². The van der Waals surface area contributed by atoms with E-state index in [-0.39, 0.29) is 0 Å². The molecule has 0 spiro atoms. The van der Waals surface area contributed by atoms with Crippen molar-refractivity contribution in [2.75, 3.05) is 31.1 Å². The largest absolute Gasteiger partial charge is 0.352 e. The molecule has 1 aliphatic heterocycles. The smallest absolute Gasteiger partial charge is 0.222 e. The summed E-state index contributed by atoms with van der Waals surface area (Å²) in [7, 11) is 0. The fourth-order valence-electron chi connectivity index (χ4n) is 3.89. The van der Waals surface area contributed by atoms with Crippen molar-refractivity contribution < 1.29 is 4.79 Å². The van der Waals surface area contributed by atoms with Gasteiger partial charge in [-0.3, -0.25) is 4.79 Å². The molecule has 4 rings (SSSR count). The number of nitrogens with zero attached hydrogens (tertiary/aromatic N) is 5. The molecule has 6 heteroatoms. The van der Waals surface area contributed by atoms with E-state index in [0.29, 0.717) is 11.8 Å². The molecular weight excluding hydrogens is 314 g/mol. The molecule has 2 fully saturated rings. The Hall–Kier alpha value is -2.37. The van der Waals surface area contributed by atoms with Gasteiger partial charge >= 0.3 is 0 Å². The van der Waals surface area contributed by atoms with Crippen LogP contribution in [0.15, 0.2) is 36.7 Å². The third-order valence-electron chi connectivity index (χ3n) is 5.40. The van der Waals surface area contributed by atoms with Gasteiger partial charge in [0, 0.05) is 45.0 Å². The molecule has 25 heavy (non-hydrogen) atoms. The summed E-state index contributed by atoms with van der Waals surface area (Å²) >= 11 is 0. The maximum Gasteiger partial charge on any atom is 0.222 e. The van der Waals surface area contributed by atoms with Crippen molar-refractivity contribution in [1.82, 2.24) is 19.7 Å². The van der Waals surface area contributed by atoms with Crippen LogP contribution in [0.4, 0.5) is 5.82 Å². The number of amides is 1. The number of anilines is 1. The van der Waals surface area contributed by atoms with Crippen LogP contribution >= 0.6 is 0 Å². The highest BCUT2D eigenvalue weighted by atomic mass is 16.2. The Morgan fingerprint density at radius 2 is 1.60 bits per heavy atom. The van der Waals surface area contributed by atoms with Crippen molar-refractivity contribution in [3.05, 3.63) is 36.7 Å². The Kier molecular flexibility index (Phi) is 4.68. The van der Waals surface area contributed by atoms with Crippen molar-refractivity contribution >= 4 is 11.7 Å². The van der Waals surface area contributed by atoms with Crippen LogP contribution in [0, 0.1) is 5.92 Å². The number of hydrogen-bond acceptors (Lipinski definition) is 4. The molecule has 1 amide bonds. The highest BCUT2D eigenvalue weighted by Crippen LogP contribution is 2.28. The summed E-state index contributed by atoms with van der Waals surface area (Å²) in [4.78, 5) is 16.7. The molecule has 2 aliphatic rings. The summed E-state index contributed by atoms with van der Waals surface area (Å²) in [5.74, 6) is 2.66. The molecule has 3 heterocycles. The normalized spacial score (nSPS) is 18.7. The van der Waals surface area contributed by atoms with Crippen LogP contribution in [0.1, 0.15) is 32.1 Å². The maximum absolute atomic E-state index is 12.4. The van der Waals surface area contributed by atoms with E-state index in [1.54, 1.807) is 0 Å². The molecule has 6 nitrogen and oxygen atoms in total. The second-order valence-electron chi connectivity index (χ2n) is 7.06. The molecule has 1 saturated carbocycles. The van der Waals surface area contributed by atoms with Crippen LogP contribution in [0.5, 0.6) is 0 Å². The fourth-order valence-corrected chi connectivity index (χ4v) is 3.89. The van der Waals surface area contributed by atoms with Crippen molar-refractivity contribution in [3.8, 4) is 5.82 Å². The first-order chi connectivity index (χ1) is 12.3. The summed E-state index contributed by atoms with van der Waals surface area (Å²) in [6.07, 6.45) is 9.71. The predicted octanol–water partition coefficient (Wildman–Crippen LogP) is 2.50. The average molecular weight is 339 g/mol. The standard InChI is InChI=1S/C19H25N5O/c25-19(15-16-5-1-2-6-16)24-13-11-23(12-14-24)18-8-7-17(20-21-18)22-9-3-4-10-22/h3-4,7-10,16H,1-2,5-6,11-15H2. The van der Waals surface area contributed by atoms with E-state index < -0.39 is 0 Å². The van der Waals surface area contributed by atoms with Gasteiger partial charge in [-0.2, -0.15) is 0 Å². The van der Waals surface area contributed by atoms with Gasteiger partial charge in [-0.05, 0) is 43.0 Å². The zero-order valence-corrected chi connectivity index (χ0v) is 14.5. The van der Waals surface area contributed by atoms with E-state index in [1.807, 2.05) is 46.1 Å². The van der Waals surface area contributed by atoms with Gasteiger partial charge in [0.2, 0.25) is 5.91 Å². The molecule has 0 aromatic carbocycles. The van der Waals surface area contributed by atoms with Gasteiger partial charge < -0.3 is 14.4 Å². The van der Waals surface area contributed by atoms with Gasteiger partial charge in [0.1, 0.15) is 0 Å². The van der Waals surface area contributed by atoms with E-state index in [2.05, 4.69) is 15.1 Å². The molecular formula is C19H25N5O. The van der Waals surface area contributed by atoms with Gasteiger partial charge in [0.25, 0.3) is 0 Å². The van der Waals surface area contributed by atoms with E-state index in [4.69, 9.17) is 0 Å². The van der Waals surface area contributed by atoms with Gasteiger partial charge in [-0.1, -0.05) is 12.8 Å². The van der Waals surface area contributed by atoms with Crippen LogP contribution in [0.2, 0.25) is 0 Å². The minimum absolute atomic E-state index is 0.334. The lowest BCUT2D eigenvalue weighted by Crippen LogP contribution is -2.49. The Morgan fingerprint density at radius 3 is 2.24 bits per heavy atom. The molecule has 0 unspecified atom stereocenters. The summed E-state index contributed by atoms with van der Waals surface area (Å²) in [5.41, 5.74) is 0. The minimum Gasteiger partial charge on any atom is -0.352 e. The predicted molar refractivity (Wildman–Crippen MR) is 96.7 cm³/mol. The first-order valence-corrected chi connectivity index (χ1v) is 9.29. The molecule has 0 atom stereocenters. The van der Waals surface area contributed by atoms with Crippen molar-refractivity contribution in [2.24, 2.45) is 5.92 Å². The molecule has 0 bridgehead atoms. The number of aromatic nitrogens is 3. The Balaban J connectivity index is 1.31. The summed E-state index contributed by atoms with van der Waals surface area (Å²) < 4.78 is 1.94. The zero-order valence-electron chi connectivity index (χ0n) is 14.5. The van der Waals surface area contributed by atoms with E-state index >= 15 is 0 Å². The number of hydrogen-bond donors (Lipinski definition) is 0. The van der Waals surface area contributed by atoms with Crippen LogP contribution in [0.3, 0.4) is 0 Å². The zero-order chi connectivity index (χ0) is 17.1. The molecule has 1 aliphatic carbocycles. The Morgan fingerprint density at radius 1 is 0.960 bits per heavy atom. The average Bonchev–Trinajstić information content (AvgIpc) is 3.36. The number of carbonyl (C=O) groups excluding carboxylic acids is 1. The molecule has 1 saturated heterocycles. The minimum atomic E-state index is 0.334. The first kappa shape index (κ1) is 16.1. The highest BCUT2D eigenvalue weighted by molar-refractivity contribution is 5.76. The summed E-state index contributed by atoms with van der Waals surface area (Å²) in [6, 6.07) is 7.94. The van der Waals surface area contributed by atoms with E-state index in [9.17, 15) is 4.79 Å². The van der Waals surface area contributed by atoms with Crippen LogP contribution in [-0.4, -0.2) is 51.8 Å². The second-order valence-corrected chi connectivity index (χ2v) is 7.06. The quantitative estimate of drug-likeness (QED) is 0.859. The number of carbonyl (C=O) groups is 1. The summed E-state index contributed by atoms with van der Waals surface area (Å²) in [5, 5.41) is 8.67. The Bertz CT molecular complexity index is 683. The van der Waals surface area contributed by atoms with Crippen molar-refractivity contribution in [1.29, 1.82) is 0 Å². The van der Waals surface area contributed by atoms with Gasteiger partial charge in [-0.25, -0.2) is 0 Å². The Labute approximate surface area is 148 Å². The van der Waals surface area contributed by atoms with Gasteiger partial charge in [0.15, 0.2) is 11.6 Å². The molecule has 0 radical (unpaired) electrons. The first-order valence-electron chi connectivity index (χ1n) is 9.29. The second kappa shape index (κ2) is 7.25. The summed E-state index contributed by atoms with van der Waals surface area (Å²) in [6.45, 7) is 3.22. The van der Waals surface area contributed by atoms with E-state index in [1.165, 1.54) is 25.7 Å². The lowest BCUT2D eigenvalue weighted by atomic mass is 10.0. The maximum atomic E-state index is 12.4. The molecule has 2 aromatic rings. The fraction of sp³-hybridized carbons (Fsp3) is 0.526. The molecule has 2 aromatic heterocycles. The van der Waals surface area contributed by atoms with Crippen molar-refractivity contribution in [2.45, 2.75) is 32.1 Å². The van der Waals surface area contributed by atoms with Crippen LogP contribution < -0.4 is 4.90 Å². The topological polar surface area (TPSA) is 54.3 Å². The molecule has 132 valence electrons. The highest BCUT2D eigenvalue weighted by Gasteiger charge is 2.25. The third-order valence-corrected chi connectivity index (χ3v) is 5.40. The molecule has 0 N–H and O–H groups in total. The van der Waals surface area contributed by atoms with Gasteiger partial charge in [0.05, 0.1) is 0 Å². The number of rotatable bonds is 4. The van der Waals surface area contributed by atoms with Crippen LogP contribution in [0.25, 0.3) is 5.82 Å². The van der Waals surface area contributed by atoms with Crippen LogP contribution in [-0.2, 0) is 4.79 Å². The SMILES string of the molecule is O=C(CC1CCCC1)N1CCN(c2ccc(-n3cccc3)nn2)CC1. The van der Waals surface area contributed by atoms with Crippen molar-refractivity contribution in [3.63, 3.8) is 0 Å².